The maximum atomic E-state index is 13.5. The van der Waals surface area contributed by atoms with Crippen LogP contribution in [0.3, 0.4) is 0 Å². The summed E-state index contributed by atoms with van der Waals surface area (Å²) in [6, 6.07) is 33.3. The van der Waals surface area contributed by atoms with Gasteiger partial charge in [0.2, 0.25) is 0 Å². The summed E-state index contributed by atoms with van der Waals surface area (Å²) in [6.07, 6.45) is 0. The molecule has 0 unspecified atom stereocenters. The van der Waals surface area contributed by atoms with Crippen molar-refractivity contribution >= 4 is 177 Å². The normalized spacial score (nSPS) is 12.2. The molecule has 32 nitrogen and oxygen atoms in total. The smallest absolute Gasteiger partial charge is 0.744 e. The van der Waals surface area contributed by atoms with Gasteiger partial charge in [-0.05, 0) is 151 Å². The predicted molar refractivity (Wildman–Crippen MR) is 337 cm³/mol. The number of rotatable bonds is 17. The van der Waals surface area contributed by atoms with Crippen LogP contribution in [0.15, 0.2) is 228 Å². The Hall–Kier alpha value is -10.4. The van der Waals surface area contributed by atoms with Gasteiger partial charge in [-0.1, -0.05) is 6.07 Å². The Morgan fingerprint density at radius 1 is 0.340 bits per heavy atom. The van der Waals surface area contributed by atoms with Crippen LogP contribution in [0.5, 0.6) is 11.5 Å². The topological polar surface area (TPSA) is 581 Å². The Morgan fingerprint density at radius 3 is 1.22 bits per heavy atom. The maximum absolute atomic E-state index is 13.5. The molecule has 460 valence electrons. The molecule has 0 spiro atoms. The number of anilines is 10. The molecule has 0 aliphatic carbocycles. The molecule has 0 fully saturated rings. The number of nitrogens with two attached hydrogens (primary N) is 8. The van der Waals surface area contributed by atoms with Gasteiger partial charge in [0.15, 0.2) is 17.2 Å². The van der Waals surface area contributed by atoms with Gasteiger partial charge in [-0.3, -0.25) is 0 Å². The molecule has 0 aliphatic heterocycles. The van der Waals surface area contributed by atoms with Crippen LogP contribution in [0.4, 0.5) is 125 Å². The zero-order valence-electron chi connectivity index (χ0n) is 49.2. The van der Waals surface area contributed by atoms with Crippen LogP contribution in [0.1, 0.15) is 0 Å². The number of hydrogen-bond acceptors (Lipinski definition) is 32. The summed E-state index contributed by atoms with van der Waals surface area (Å²) in [5.74, 6) is -2.04. The van der Waals surface area contributed by atoms with Gasteiger partial charge in [0.25, 0.3) is 0 Å². The average Bonchev–Trinajstić information content (AvgIpc) is 0.736. The van der Waals surface area contributed by atoms with Gasteiger partial charge in [0.1, 0.15) is 80.7 Å². The zero-order valence-corrected chi connectivity index (χ0v) is 51.7. The third-order valence-electron chi connectivity index (χ3n) is 13.0. The number of nitrogen functional groups attached to an aromatic ring is 8. The largest absolute Gasteiger partial charge is 1.00 e. The Labute approximate surface area is 569 Å². The van der Waals surface area contributed by atoms with E-state index in [0.717, 1.165) is 18.2 Å². The average molecular weight is 1300 g/mol. The van der Waals surface area contributed by atoms with E-state index in [4.69, 9.17) is 45.9 Å². The quantitative estimate of drug-likeness (QED) is 0.0265. The molecular formula is C56H44Li3N21O11S3. The number of aromatic hydroxyl groups is 2. The van der Waals surface area contributed by atoms with E-state index in [1.807, 2.05) is 0 Å². The molecule has 0 atom stereocenters. The third-order valence-corrected chi connectivity index (χ3v) is 15.7. The van der Waals surface area contributed by atoms with Crippen LogP contribution >= 0.6 is 0 Å². The summed E-state index contributed by atoms with van der Waals surface area (Å²) in [5.41, 5.74) is 46.6. The standard InChI is InChI=1S/C56H47N21O11S3.3Li/c57-27-2-13-41(37(61)20-27)69-67-33-6-1-26-19-48(90(83,84)85)52(54(78)36(26)24-33)76-66-32-9-7-31(8-10-32)65-45-17-11-34(25-47(45)89(80,81)82)68-73-46-18-12-35-49(51(46)75-71-43-15-4-29(59)22-39(43)63)56(91(86,87)88)55(79)53(77-72-44-16-5-30(60)23-40(44)64)50(35)74-70-42-14-3-28(58)21-38(42)62;;;/h1-25,65,78-79H,57-64H2,(H,80,81,82)(H,83,84,85)(H,86,87,88);;;/q;3*+1/p-3. The van der Waals surface area contributed by atoms with Crippen molar-refractivity contribution in [2.24, 2.45) is 61.4 Å². The van der Waals surface area contributed by atoms with Crippen molar-refractivity contribution in [1.29, 1.82) is 0 Å². The summed E-state index contributed by atoms with van der Waals surface area (Å²) in [7, 11) is -16.4. The van der Waals surface area contributed by atoms with E-state index in [0.29, 0.717) is 11.4 Å². The first-order valence-electron chi connectivity index (χ1n) is 25.7. The minimum absolute atomic E-state index is 0. The first-order chi connectivity index (χ1) is 43.1. The minimum atomic E-state index is -5.81. The monoisotopic (exact) mass is 1300 g/mol. The number of phenolic OH excluding ortho intramolecular Hbond substituents is 2. The molecule has 10 aromatic rings. The van der Waals surface area contributed by atoms with E-state index < -0.39 is 90.4 Å². The molecule has 38 heteroatoms. The number of phenols is 2. The van der Waals surface area contributed by atoms with Gasteiger partial charge in [0.05, 0.1) is 55.3 Å². The number of nitrogens with one attached hydrogen (secondary N) is 1. The number of nitrogens with zero attached hydrogens (tertiary/aromatic N) is 12. The van der Waals surface area contributed by atoms with E-state index in [2.05, 4.69) is 66.7 Å². The Balaban J connectivity index is 0.00000417. The van der Waals surface area contributed by atoms with Crippen LogP contribution in [0.2, 0.25) is 0 Å². The van der Waals surface area contributed by atoms with Crippen molar-refractivity contribution in [3.05, 3.63) is 152 Å². The van der Waals surface area contributed by atoms with Crippen molar-refractivity contribution in [1.82, 2.24) is 0 Å². The second-order valence-corrected chi connectivity index (χ2v) is 23.4. The molecule has 0 heterocycles. The fourth-order valence-electron chi connectivity index (χ4n) is 8.72. The predicted octanol–water partition coefficient (Wildman–Crippen LogP) is 4.02. The summed E-state index contributed by atoms with van der Waals surface area (Å²) >= 11 is 0. The first-order valence-corrected chi connectivity index (χ1v) is 30.0. The van der Waals surface area contributed by atoms with Gasteiger partial charge in [-0.25, -0.2) is 25.3 Å². The SMILES string of the molecule is Nc1ccc(N=Nc2ccc3cc(S(=O)(=O)[O-])c(N=Nc4ccc(Nc5ccc(N=Nc6ccc7c(N=Nc8ccc(N)cc8N)c(N=Nc8ccc(N)cc8N)c(O)c(S(=O)(=O)[O-])c7c6N=Nc6ccc(N)cc6N)cc5S(=O)(=O)[O-])cc4)c(O)c3c2)c(N)c1.[Li+].[Li+].[Li+]. The van der Waals surface area contributed by atoms with Gasteiger partial charge in [-0.2, -0.15) is 15.3 Å². The molecule has 0 aliphatic rings. The fourth-order valence-corrected chi connectivity index (χ4v) is 10.8. The van der Waals surface area contributed by atoms with Crippen LogP contribution in [0.25, 0.3) is 21.5 Å². The van der Waals surface area contributed by atoms with E-state index in [1.54, 1.807) is 12.1 Å². The van der Waals surface area contributed by atoms with E-state index in [1.165, 1.54) is 121 Å². The molecule has 0 saturated heterocycles. The van der Waals surface area contributed by atoms with Gasteiger partial charge < -0.3 is 75.1 Å². The molecular weight excluding hydrogens is 1260 g/mol. The molecule has 10 rings (SSSR count). The molecule has 10 aromatic carbocycles. The van der Waals surface area contributed by atoms with Crippen LogP contribution in [-0.4, -0.2) is 49.1 Å². The maximum Gasteiger partial charge on any atom is 1.00 e. The van der Waals surface area contributed by atoms with Crippen molar-refractivity contribution in [2.75, 3.05) is 51.2 Å². The molecule has 0 radical (unpaired) electrons. The third kappa shape index (κ3) is 15.9. The Morgan fingerprint density at radius 2 is 0.745 bits per heavy atom. The van der Waals surface area contributed by atoms with E-state index >= 15 is 0 Å². The number of benzene rings is 10. The van der Waals surface area contributed by atoms with Crippen molar-refractivity contribution in [3.63, 3.8) is 0 Å². The molecule has 19 N–H and O–H groups in total. The van der Waals surface area contributed by atoms with Gasteiger partial charge >= 0.3 is 56.6 Å². The summed E-state index contributed by atoms with van der Waals surface area (Å²) in [4.78, 5) is -3.08. The number of fused-ring (bicyclic) bond motifs is 2. The Kier molecular flexibility index (Phi) is 21.7. The number of hydrogen-bond donors (Lipinski definition) is 11. The molecule has 0 bridgehead atoms. The summed E-state index contributed by atoms with van der Waals surface area (Å²) < 4.78 is 117. The molecule has 0 amide bonds. The minimum Gasteiger partial charge on any atom is -0.744 e. The van der Waals surface area contributed by atoms with E-state index in [9.17, 15) is 49.1 Å². The molecule has 94 heavy (non-hydrogen) atoms. The van der Waals surface area contributed by atoms with Crippen molar-refractivity contribution in [2.45, 2.75) is 14.7 Å². The van der Waals surface area contributed by atoms with Crippen molar-refractivity contribution < 1.29 is 106 Å². The second-order valence-electron chi connectivity index (χ2n) is 19.4. The molecule has 0 aromatic heterocycles. The second kappa shape index (κ2) is 28.7. The fraction of sp³-hybridized carbons (Fsp3) is 0. The van der Waals surface area contributed by atoms with E-state index in [-0.39, 0.29) is 158 Å². The zero-order chi connectivity index (χ0) is 65.3. The summed E-state index contributed by atoms with van der Waals surface area (Å²) in [6.45, 7) is 0. The molecule has 0 saturated carbocycles. The summed E-state index contributed by atoms with van der Waals surface area (Å²) in [5, 5.41) is 75.0. The van der Waals surface area contributed by atoms with Crippen LogP contribution in [-0.2, 0) is 30.4 Å². The van der Waals surface area contributed by atoms with Gasteiger partial charge in [0, 0.05) is 44.6 Å². The van der Waals surface area contributed by atoms with Crippen molar-refractivity contribution in [3.8, 4) is 11.5 Å². The first kappa shape index (κ1) is 71.1. The van der Waals surface area contributed by atoms with Crippen LogP contribution in [0, 0.1) is 0 Å². The Bertz CT molecular complexity index is 5230. The van der Waals surface area contributed by atoms with Gasteiger partial charge in [-0.15, -0.1) is 46.0 Å². The number of azo groups is 6. The van der Waals surface area contributed by atoms with Crippen LogP contribution < -0.4 is 108 Å².